The van der Waals surface area contributed by atoms with Gasteiger partial charge in [0.2, 0.25) is 0 Å². The van der Waals surface area contributed by atoms with Crippen molar-refractivity contribution >= 4 is 21.9 Å². The van der Waals surface area contributed by atoms with E-state index < -0.39 is 0 Å². The highest BCUT2D eigenvalue weighted by Crippen LogP contribution is 2.18. The van der Waals surface area contributed by atoms with Gasteiger partial charge >= 0.3 is 5.97 Å². The molecule has 1 heterocycles. The molecule has 22 heavy (non-hydrogen) atoms. The van der Waals surface area contributed by atoms with Gasteiger partial charge in [-0.2, -0.15) is 0 Å². The normalized spacial score (nSPS) is 9.68. The second-order valence-corrected chi connectivity index (χ2v) is 4.78. The summed E-state index contributed by atoms with van der Waals surface area (Å²) in [6.07, 6.45) is 1.51. The standard InChI is InChI=1S/C14H15BrN2O3.C2H6/c1-3-20-13(18)12-8-16-14(15)17(12)9-10-4-6-11(19-2)7-5-10;1-2/h4-8H,3,9H2,1-2H3;1-2H3. The van der Waals surface area contributed by atoms with E-state index in [1.54, 1.807) is 18.6 Å². The minimum Gasteiger partial charge on any atom is -0.497 e. The Morgan fingerprint density at radius 2 is 1.91 bits per heavy atom. The van der Waals surface area contributed by atoms with Crippen LogP contribution < -0.4 is 4.74 Å². The molecule has 1 aromatic carbocycles. The van der Waals surface area contributed by atoms with Gasteiger partial charge in [-0.1, -0.05) is 26.0 Å². The molecule has 2 rings (SSSR count). The minimum absolute atomic E-state index is 0.337. The fraction of sp³-hybridized carbons (Fsp3) is 0.375. The maximum absolute atomic E-state index is 11.8. The van der Waals surface area contributed by atoms with Crippen molar-refractivity contribution in [3.8, 4) is 5.75 Å². The Hall–Kier alpha value is -1.82. The molecule has 0 N–H and O–H groups in total. The number of imidazole rings is 1. The van der Waals surface area contributed by atoms with E-state index in [0.29, 0.717) is 23.6 Å². The SMILES string of the molecule is CC.CCOC(=O)c1cnc(Br)n1Cc1ccc(OC)cc1. The van der Waals surface area contributed by atoms with Crippen LogP contribution in [0.1, 0.15) is 36.8 Å². The van der Waals surface area contributed by atoms with Crippen molar-refractivity contribution in [2.75, 3.05) is 13.7 Å². The predicted molar refractivity (Wildman–Crippen MR) is 89.3 cm³/mol. The van der Waals surface area contributed by atoms with E-state index in [4.69, 9.17) is 9.47 Å². The van der Waals surface area contributed by atoms with Crippen LogP contribution >= 0.6 is 15.9 Å². The van der Waals surface area contributed by atoms with Crippen molar-refractivity contribution in [1.82, 2.24) is 9.55 Å². The second-order valence-electron chi connectivity index (χ2n) is 4.07. The molecular formula is C16H21BrN2O3. The van der Waals surface area contributed by atoms with Crippen LogP contribution in [0.5, 0.6) is 5.75 Å². The number of benzene rings is 1. The van der Waals surface area contributed by atoms with Crippen LogP contribution in [0.25, 0.3) is 0 Å². The molecule has 0 bridgehead atoms. The zero-order valence-corrected chi connectivity index (χ0v) is 14.9. The first-order chi connectivity index (χ1) is 10.7. The van der Waals surface area contributed by atoms with Gasteiger partial charge in [0.25, 0.3) is 0 Å². The van der Waals surface area contributed by atoms with Crippen molar-refractivity contribution in [1.29, 1.82) is 0 Å². The largest absolute Gasteiger partial charge is 0.497 e. The Morgan fingerprint density at radius 1 is 1.27 bits per heavy atom. The second kappa shape index (κ2) is 9.25. The lowest BCUT2D eigenvalue weighted by molar-refractivity contribution is 0.0514. The maximum Gasteiger partial charge on any atom is 0.356 e. The lowest BCUT2D eigenvalue weighted by Crippen LogP contribution is -2.13. The number of methoxy groups -OCH3 is 1. The smallest absolute Gasteiger partial charge is 0.356 e. The van der Waals surface area contributed by atoms with E-state index in [2.05, 4.69) is 20.9 Å². The van der Waals surface area contributed by atoms with Gasteiger partial charge < -0.3 is 14.0 Å². The van der Waals surface area contributed by atoms with Crippen LogP contribution in [0, 0.1) is 0 Å². The number of esters is 1. The third-order valence-electron chi connectivity index (χ3n) is 2.79. The predicted octanol–water partition coefficient (Wildman–Crippen LogP) is 3.91. The van der Waals surface area contributed by atoms with E-state index in [-0.39, 0.29) is 5.97 Å². The van der Waals surface area contributed by atoms with Crippen LogP contribution in [0.2, 0.25) is 0 Å². The highest BCUT2D eigenvalue weighted by molar-refractivity contribution is 9.10. The topological polar surface area (TPSA) is 53.3 Å². The van der Waals surface area contributed by atoms with Crippen LogP contribution in [0.3, 0.4) is 0 Å². The molecule has 0 atom stereocenters. The molecular weight excluding hydrogens is 348 g/mol. The lowest BCUT2D eigenvalue weighted by Gasteiger charge is -2.09. The number of aromatic nitrogens is 2. The van der Waals surface area contributed by atoms with Gasteiger partial charge in [-0.15, -0.1) is 0 Å². The van der Waals surface area contributed by atoms with Crippen molar-refractivity contribution in [3.05, 3.63) is 46.5 Å². The molecule has 0 amide bonds. The third-order valence-corrected chi connectivity index (χ3v) is 3.42. The molecule has 0 aliphatic rings. The summed E-state index contributed by atoms with van der Waals surface area (Å²) in [7, 11) is 1.63. The Balaban J connectivity index is 0.00000116. The molecule has 0 aliphatic carbocycles. The molecule has 6 heteroatoms. The van der Waals surface area contributed by atoms with Gasteiger partial charge in [0, 0.05) is 0 Å². The zero-order chi connectivity index (χ0) is 16.5. The van der Waals surface area contributed by atoms with Gasteiger partial charge in [0.15, 0.2) is 4.73 Å². The summed E-state index contributed by atoms with van der Waals surface area (Å²) < 4.78 is 12.5. The highest BCUT2D eigenvalue weighted by Gasteiger charge is 2.16. The summed E-state index contributed by atoms with van der Waals surface area (Å²) in [6.45, 7) is 6.64. The number of ether oxygens (including phenoxy) is 2. The Bertz CT molecular complexity index is 594. The first-order valence-electron chi connectivity index (χ1n) is 7.16. The van der Waals surface area contributed by atoms with E-state index in [9.17, 15) is 4.79 Å². The van der Waals surface area contributed by atoms with Gasteiger partial charge in [-0.3, -0.25) is 0 Å². The molecule has 0 saturated carbocycles. The molecule has 0 radical (unpaired) electrons. The average molecular weight is 369 g/mol. The van der Waals surface area contributed by atoms with E-state index >= 15 is 0 Å². The number of halogens is 1. The average Bonchev–Trinajstić information content (AvgIpc) is 2.91. The first-order valence-corrected chi connectivity index (χ1v) is 7.96. The monoisotopic (exact) mass is 368 g/mol. The van der Waals surface area contributed by atoms with Crippen molar-refractivity contribution < 1.29 is 14.3 Å². The van der Waals surface area contributed by atoms with Gasteiger partial charge in [-0.05, 0) is 40.5 Å². The van der Waals surface area contributed by atoms with Crippen LogP contribution in [0.15, 0.2) is 35.2 Å². The number of hydrogen-bond acceptors (Lipinski definition) is 4. The summed E-state index contributed by atoms with van der Waals surface area (Å²) in [5.41, 5.74) is 1.46. The van der Waals surface area contributed by atoms with E-state index in [1.807, 2.05) is 38.1 Å². The summed E-state index contributed by atoms with van der Waals surface area (Å²) >= 11 is 3.34. The van der Waals surface area contributed by atoms with Gasteiger partial charge in [0.05, 0.1) is 26.5 Å². The van der Waals surface area contributed by atoms with E-state index in [1.165, 1.54) is 6.20 Å². The number of carbonyl (C=O) groups is 1. The fourth-order valence-corrected chi connectivity index (χ4v) is 2.20. The molecule has 0 fully saturated rings. The summed E-state index contributed by atoms with van der Waals surface area (Å²) in [4.78, 5) is 15.9. The Kier molecular flexibility index (Phi) is 7.66. The molecule has 0 aliphatic heterocycles. The maximum atomic E-state index is 11.8. The van der Waals surface area contributed by atoms with Crippen molar-refractivity contribution in [2.45, 2.75) is 27.3 Å². The van der Waals surface area contributed by atoms with E-state index in [0.717, 1.165) is 11.3 Å². The number of carbonyl (C=O) groups excluding carboxylic acids is 1. The lowest BCUT2D eigenvalue weighted by atomic mass is 10.2. The molecule has 0 saturated heterocycles. The molecule has 2 aromatic rings. The van der Waals surface area contributed by atoms with Crippen LogP contribution in [0.4, 0.5) is 0 Å². The first kappa shape index (κ1) is 18.2. The van der Waals surface area contributed by atoms with Crippen molar-refractivity contribution in [3.63, 3.8) is 0 Å². The van der Waals surface area contributed by atoms with Crippen LogP contribution in [-0.2, 0) is 11.3 Å². The summed E-state index contributed by atoms with van der Waals surface area (Å²) in [6, 6.07) is 7.65. The number of rotatable bonds is 5. The highest BCUT2D eigenvalue weighted by atomic mass is 79.9. The zero-order valence-electron chi connectivity index (χ0n) is 13.3. The summed E-state index contributed by atoms with van der Waals surface area (Å²) in [5, 5.41) is 0. The van der Waals surface area contributed by atoms with Crippen LogP contribution in [-0.4, -0.2) is 29.2 Å². The molecule has 0 unspecified atom stereocenters. The quantitative estimate of drug-likeness (QED) is 0.750. The molecule has 120 valence electrons. The fourth-order valence-electron chi connectivity index (χ4n) is 1.79. The molecule has 0 spiro atoms. The minimum atomic E-state index is -0.376. The number of nitrogens with zero attached hydrogens (tertiary/aromatic N) is 2. The Labute approximate surface area is 139 Å². The molecule has 5 nitrogen and oxygen atoms in total. The third kappa shape index (κ3) is 4.59. The van der Waals surface area contributed by atoms with Gasteiger partial charge in [0.1, 0.15) is 11.4 Å². The molecule has 1 aromatic heterocycles. The van der Waals surface area contributed by atoms with Gasteiger partial charge in [-0.25, -0.2) is 9.78 Å². The Morgan fingerprint density at radius 3 is 2.45 bits per heavy atom. The van der Waals surface area contributed by atoms with Crippen molar-refractivity contribution in [2.24, 2.45) is 0 Å². The summed E-state index contributed by atoms with van der Waals surface area (Å²) in [5.74, 6) is 0.420. The number of hydrogen-bond donors (Lipinski definition) is 0.